The molecule has 0 atom stereocenters. The van der Waals surface area contributed by atoms with Crippen LogP contribution in [-0.4, -0.2) is 37.5 Å². The van der Waals surface area contributed by atoms with Crippen molar-refractivity contribution in [1.82, 2.24) is 0 Å². The number of hydrogen-bond donors (Lipinski definition) is 0. The minimum absolute atomic E-state index is 0.138. The number of rotatable bonds is 7. The number of amides is 1. The Morgan fingerprint density at radius 1 is 1.07 bits per heavy atom. The van der Waals surface area contributed by atoms with Gasteiger partial charge in [-0.15, -0.1) is 0 Å². The van der Waals surface area contributed by atoms with Crippen LogP contribution in [-0.2, 0) is 4.79 Å². The molecule has 0 N–H and O–H groups in total. The Bertz CT molecular complexity index is 938. The van der Waals surface area contributed by atoms with Crippen LogP contribution < -0.4 is 19.3 Å². The molecule has 0 aliphatic carbocycles. The summed E-state index contributed by atoms with van der Waals surface area (Å²) in [6.45, 7) is 6.11. The van der Waals surface area contributed by atoms with Crippen molar-refractivity contribution in [2.24, 2.45) is 0 Å². The van der Waals surface area contributed by atoms with Crippen molar-refractivity contribution in [3.63, 3.8) is 0 Å². The fraction of sp³-hybridized carbons (Fsp3) is 0.273. The van der Waals surface area contributed by atoms with Crippen LogP contribution in [0.5, 0.6) is 11.5 Å². The number of anilines is 2. The maximum Gasteiger partial charge on any atom is 0.270 e. The van der Waals surface area contributed by atoms with E-state index in [2.05, 4.69) is 18.7 Å². The zero-order chi connectivity index (χ0) is 21.0. The molecule has 1 heterocycles. The summed E-state index contributed by atoms with van der Waals surface area (Å²) in [5.41, 5.74) is 2.66. The molecule has 2 aromatic carbocycles. The Hall–Kier alpha value is -2.51. The molecule has 7 heteroatoms. The molecule has 0 saturated carbocycles. The topological polar surface area (TPSA) is 42.0 Å². The van der Waals surface area contributed by atoms with Gasteiger partial charge in [0.15, 0.2) is 4.32 Å². The highest BCUT2D eigenvalue weighted by Gasteiger charge is 2.33. The molecule has 152 valence electrons. The molecular weight excluding hydrogens is 404 g/mol. The maximum atomic E-state index is 13.1. The van der Waals surface area contributed by atoms with E-state index in [0.29, 0.717) is 20.7 Å². The monoisotopic (exact) mass is 428 g/mol. The first kappa shape index (κ1) is 21.2. The van der Waals surface area contributed by atoms with E-state index in [-0.39, 0.29) is 5.91 Å². The van der Waals surface area contributed by atoms with Gasteiger partial charge in [0.2, 0.25) is 0 Å². The van der Waals surface area contributed by atoms with Crippen molar-refractivity contribution in [1.29, 1.82) is 0 Å². The number of methoxy groups -OCH3 is 2. The molecule has 0 radical (unpaired) electrons. The molecule has 0 spiro atoms. The van der Waals surface area contributed by atoms with Gasteiger partial charge < -0.3 is 14.4 Å². The van der Waals surface area contributed by atoms with Gasteiger partial charge in [0.25, 0.3) is 5.91 Å². The molecule has 29 heavy (non-hydrogen) atoms. The first-order valence-corrected chi connectivity index (χ1v) is 10.6. The molecule has 1 fully saturated rings. The first-order valence-electron chi connectivity index (χ1n) is 9.37. The summed E-state index contributed by atoms with van der Waals surface area (Å²) in [5.74, 6) is 1.22. The first-order chi connectivity index (χ1) is 14.0. The molecule has 3 rings (SSSR count). The van der Waals surface area contributed by atoms with Crippen LogP contribution in [0.25, 0.3) is 6.08 Å². The number of thiocarbonyl (C=S) groups is 1. The highest BCUT2D eigenvalue weighted by Crippen LogP contribution is 2.38. The average molecular weight is 429 g/mol. The number of hydrogen-bond acceptors (Lipinski definition) is 6. The molecule has 1 aliphatic rings. The number of thioether (sulfide) groups is 1. The number of carbonyl (C=O) groups excluding carboxylic acids is 1. The molecule has 2 aromatic rings. The third-order valence-electron chi connectivity index (χ3n) is 4.75. The van der Waals surface area contributed by atoms with E-state index in [0.717, 1.165) is 30.0 Å². The van der Waals surface area contributed by atoms with Crippen LogP contribution in [0.1, 0.15) is 19.4 Å². The van der Waals surface area contributed by atoms with Gasteiger partial charge in [-0.2, -0.15) is 0 Å². The summed E-state index contributed by atoms with van der Waals surface area (Å²) in [7, 11) is 3.20. The fourth-order valence-corrected chi connectivity index (χ4v) is 4.47. The summed E-state index contributed by atoms with van der Waals surface area (Å²) in [5, 5.41) is 0. The molecule has 1 saturated heterocycles. The molecule has 5 nitrogen and oxygen atoms in total. The standard InChI is InChI=1S/C22H24N2O3S2/c1-5-23(6-2)16-7-9-17(10-8-16)24-21(25)20(29-22(24)28)14-15-13-18(26-3)11-12-19(15)27-4/h7-14H,5-6H2,1-4H3. The van der Waals surface area contributed by atoms with E-state index in [9.17, 15) is 4.79 Å². The highest BCUT2D eigenvalue weighted by molar-refractivity contribution is 8.27. The number of benzene rings is 2. The van der Waals surface area contributed by atoms with E-state index < -0.39 is 0 Å². The minimum atomic E-state index is -0.138. The van der Waals surface area contributed by atoms with Crippen LogP contribution in [0.15, 0.2) is 47.4 Å². The van der Waals surface area contributed by atoms with E-state index in [1.807, 2.05) is 42.5 Å². The number of ether oxygens (including phenoxy) is 2. The molecular formula is C22H24N2O3S2. The smallest absolute Gasteiger partial charge is 0.270 e. The van der Waals surface area contributed by atoms with E-state index >= 15 is 0 Å². The molecule has 0 aromatic heterocycles. The molecule has 0 unspecified atom stereocenters. The third kappa shape index (κ3) is 4.41. The predicted molar refractivity (Wildman–Crippen MR) is 125 cm³/mol. The molecule has 1 aliphatic heterocycles. The summed E-state index contributed by atoms with van der Waals surface area (Å²) in [4.78, 5) is 17.5. The third-order valence-corrected chi connectivity index (χ3v) is 6.06. The Balaban J connectivity index is 1.89. The van der Waals surface area contributed by atoms with Gasteiger partial charge in [-0.1, -0.05) is 24.0 Å². The fourth-order valence-electron chi connectivity index (χ4n) is 3.19. The van der Waals surface area contributed by atoms with Gasteiger partial charge in [-0.05, 0) is 62.4 Å². The Morgan fingerprint density at radius 2 is 1.76 bits per heavy atom. The lowest BCUT2D eigenvalue weighted by molar-refractivity contribution is -0.113. The second-order valence-corrected chi connectivity index (χ2v) is 7.99. The quantitative estimate of drug-likeness (QED) is 0.459. The number of nitrogens with zero attached hydrogens (tertiary/aromatic N) is 2. The van der Waals surface area contributed by atoms with E-state index in [1.54, 1.807) is 25.2 Å². The number of carbonyl (C=O) groups is 1. The Labute approximate surface area is 181 Å². The lowest BCUT2D eigenvalue weighted by atomic mass is 10.1. The lowest BCUT2D eigenvalue weighted by Gasteiger charge is -2.22. The van der Waals surface area contributed by atoms with Gasteiger partial charge in [0.1, 0.15) is 11.5 Å². The summed E-state index contributed by atoms with van der Waals surface area (Å²) in [6, 6.07) is 13.4. The normalized spacial score (nSPS) is 15.2. The van der Waals surface area contributed by atoms with Crippen LogP contribution in [0.4, 0.5) is 11.4 Å². The van der Waals surface area contributed by atoms with E-state index in [1.165, 1.54) is 11.8 Å². The average Bonchev–Trinajstić information content (AvgIpc) is 3.02. The minimum Gasteiger partial charge on any atom is -0.497 e. The van der Waals surface area contributed by atoms with Crippen molar-refractivity contribution < 1.29 is 14.3 Å². The molecule has 0 bridgehead atoms. The zero-order valence-corrected chi connectivity index (χ0v) is 18.6. The van der Waals surface area contributed by atoms with Crippen LogP contribution in [0.2, 0.25) is 0 Å². The van der Waals surface area contributed by atoms with Crippen LogP contribution >= 0.6 is 24.0 Å². The SMILES string of the molecule is CCN(CC)c1ccc(N2C(=O)C(=Cc3cc(OC)ccc3OC)SC2=S)cc1. The summed E-state index contributed by atoms with van der Waals surface area (Å²) < 4.78 is 11.2. The van der Waals surface area contributed by atoms with Gasteiger partial charge in [-0.25, -0.2) is 0 Å². The van der Waals surface area contributed by atoms with Gasteiger partial charge in [0.05, 0.1) is 24.8 Å². The van der Waals surface area contributed by atoms with E-state index in [4.69, 9.17) is 21.7 Å². The van der Waals surface area contributed by atoms with Crippen molar-refractivity contribution in [2.75, 3.05) is 37.1 Å². The van der Waals surface area contributed by atoms with Crippen molar-refractivity contribution in [3.8, 4) is 11.5 Å². The van der Waals surface area contributed by atoms with Gasteiger partial charge in [-0.3, -0.25) is 9.69 Å². The lowest BCUT2D eigenvalue weighted by Crippen LogP contribution is -2.27. The Morgan fingerprint density at radius 3 is 2.34 bits per heavy atom. The van der Waals surface area contributed by atoms with Crippen LogP contribution in [0, 0.1) is 0 Å². The zero-order valence-electron chi connectivity index (χ0n) is 17.0. The summed E-state index contributed by atoms with van der Waals surface area (Å²) in [6.07, 6.45) is 1.80. The highest BCUT2D eigenvalue weighted by atomic mass is 32.2. The van der Waals surface area contributed by atoms with Crippen molar-refractivity contribution in [2.45, 2.75) is 13.8 Å². The maximum absolute atomic E-state index is 13.1. The van der Waals surface area contributed by atoms with Gasteiger partial charge >= 0.3 is 0 Å². The second-order valence-electron chi connectivity index (χ2n) is 6.31. The van der Waals surface area contributed by atoms with Crippen LogP contribution in [0.3, 0.4) is 0 Å². The molecule has 1 amide bonds. The van der Waals surface area contributed by atoms with Crippen molar-refractivity contribution >= 4 is 51.7 Å². The Kier molecular flexibility index (Phi) is 6.82. The largest absolute Gasteiger partial charge is 0.497 e. The summed E-state index contributed by atoms with van der Waals surface area (Å²) >= 11 is 6.78. The predicted octanol–water partition coefficient (Wildman–Crippen LogP) is 4.96. The van der Waals surface area contributed by atoms with Gasteiger partial charge in [0, 0.05) is 24.3 Å². The van der Waals surface area contributed by atoms with Crippen molar-refractivity contribution in [3.05, 3.63) is 52.9 Å². The second kappa shape index (κ2) is 9.33.